The molecule has 0 aromatic heterocycles. The van der Waals surface area contributed by atoms with Gasteiger partial charge in [0, 0.05) is 23.5 Å². The molecule has 0 spiro atoms. The Hall–Kier alpha value is -0.780. The summed E-state index contributed by atoms with van der Waals surface area (Å²) >= 11 is 9.38. The average molecular weight is 402 g/mol. The fraction of sp³-hybridized carbons (Fsp3) is 0.588. The number of piperidine rings is 1. The van der Waals surface area contributed by atoms with Crippen molar-refractivity contribution in [1.29, 1.82) is 0 Å². The number of halogens is 2. The van der Waals surface area contributed by atoms with Crippen molar-refractivity contribution in [3.05, 3.63) is 27.7 Å². The Bertz CT molecular complexity index is 558. The van der Waals surface area contributed by atoms with Gasteiger partial charge in [0.2, 0.25) is 5.91 Å². The second-order valence-electron chi connectivity index (χ2n) is 6.32. The second kappa shape index (κ2) is 7.86. The molecule has 1 saturated heterocycles. The third-order valence-electron chi connectivity index (χ3n) is 4.44. The van der Waals surface area contributed by atoms with Gasteiger partial charge in [-0.2, -0.15) is 0 Å². The summed E-state index contributed by atoms with van der Waals surface area (Å²) in [5.41, 5.74) is 0. The largest absolute Gasteiger partial charge is 0.491 e. The molecule has 1 aliphatic heterocycles. The smallest absolute Gasteiger partial charge is 0.223 e. The predicted octanol–water partition coefficient (Wildman–Crippen LogP) is 3.47. The molecule has 0 unspecified atom stereocenters. The Labute approximate surface area is 150 Å². The lowest BCUT2D eigenvalue weighted by Gasteiger charge is -2.31. The topological polar surface area (TPSA) is 41.6 Å². The number of nitrogens with zero attached hydrogens (tertiary/aromatic N) is 1. The Morgan fingerprint density at radius 2 is 2.04 bits per heavy atom. The molecule has 1 aliphatic carbocycles. The van der Waals surface area contributed by atoms with Crippen LogP contribution in [-0.4, -0.2) is 43.1 Å². The highest BCUT2D eigenvalue weighted by molar-refractivity contribution is 9.10. The van der Waals surface area contributed by atoms with Crippen LogP contribution in [-0.2, 0) is 4.79 Å². The van der Waals surface area contributed by atoms with Crippen molar-refractivity contribution in [3.8, 4) is 5.75 Å². The first-order chi connectivity index (χ1) is 11.1. The minimum atomic E-state index is 0.193. The minimum absolute atomic E-state index is 0.193. The van der Waals surface area contributed by atoms with Gasteiger partial charge in [-0.3, -0.25) is 9.69 Å². The van der Waals surface area contributed by atoms with E-state index in [1.165, 1.54) is 0 Å². The summed E-state index contributed by atoms with van der Waals surface area (Å²) in [6.45, 7) is 3.45. The van der Waals surface area contributed by atoms with Gasteiger partial charge in [0.05, 0.1) is 4.47 Å². The Balaban J connectivity index is 1.36. The fourth-order valence-electron chi connectivity index (χ4n) is 2.84. The van der Waals surface area contributed by atoms with Crippen molar-refractivity contribution < 1.29 is 9.53 Å². The number of hydrogen-bond acceptors (Lipinski definition) is 3. The summed E-state index contributed by atoms with van der Waals surface area (Å²) in [7, 11) is 0. The van der Waals surface area contributed by atoms with Gasteiger partial charge in [-0.1, -0.05) is 11.6 Å². The number of hydrogen-bond donors (Lipinski definition) is 1. The van der Waals surface area contributed by atoms with Gasteiger partial charge in [-0.05, 0) is 72.9 Å². The second-order valence-corrected chi connectivity index (χ2v) is 7.61. The normalized spacial score (nSPS) is 19.6. The van der Waals surface area contributed by atoms with Crippen LogP contribution in [0.2, 0.25) is 5.02 Å². The zero-order chi connectivity index (χ0) is 16.2. The maximum absolute atomic E-state index is 12.0. The molecule has 1 saturated carbocycles. The highest BCUT2D eigenvalue weighted by Gasteiger charge is 2.29. The number of likely N-dealkylation sites (tertiary alicyclic amines) is 1. The first-order valence-electron chi connectivity index (χ1n) is 8.22. The van der Waals surface area contributed by atoms with Crippen molar-refractivity contribution >= 4 is 33.4 Å². The number of rotatable bonds is 6. The van der Waals surface area contributed by atoms with E-state index in [9.17, 15) is 4.79 Å². The van der Waals surface area contributed by atoms with Crippen molar-refractivity contribution in [2.45, 2.75) is 31.7 Å². The van der Waals surface area contributed by atoms with E-state index in [-0.39, 0.29) is 11.8 Å². The fourth-order valence-corrected chi connectivity index (χ4v) is 3.64. The van der Waals surface area contributed by atoms with Gasteiger partial charge in [-0.15, -0.1) is 0 Å². The molecule has 23 heavy (non-hydrogen) atoms. The van der Waals surface area contributed by atoms with Gasteiger partial charge < -0.3 is 10.1 Å². The minimum Gasteiger partial charge on any atom is -0.491 e. The lowest BCUT2D eigenvalue weighted by atomic mass is 9.96. The summed E-state index contributed by atoms with van der Waals surface area (Å²) in [5, 5.41) is 3.81. The van der Waals surface area contributed by atoms with Crippen molar-refractivity contribution in [3.63, 3.8) is 0 Å². The molecule has 1 aromatic carbocycles. The van der Waals surface area contributed by atoms with Crippen LogP contribution in [0, 0.1) is 5.92 Å². The highest BCUT2D eigenvalue weighted by atomic mass is 79.9. The van der Waals surface area contributed by atoms with Crippen molar-refractivity contribution in [2.24, 2.45) is 5.92 Å². The zero-order valence-electron chi connectivity index (χ0n) is 13.1. The third kappa shape index (κ3) is 5.10. The highest BCUT2D eigenvalue weighted by Crippen LogP contribution is 2.28. The summed E-state index contributed by atoms with van der Waals surface area (Å²) in [4.78, 5) is 14.4. The van der Waals surface area contributed by atoms with Gasteiger partial charge in [0.15, 0.2) is 0 Å². The van der Waals surface area contributed by atoms with E-state index in [1.54, 1.807) is 0 Å². The summed E-state index contributed by atoms with van der Waals surface area (Å²) in [5.74, 6) is 1.26. The van der Waals surface area contributed by atoms with Crippen molar-refractivity contribution in [1.82, 2.24) is 10.2 Å². The summed E-state index contributed by atoms with van der Waals surface area (Å²) < 4.78 is 6.68. The average Bonchev–Trinajstić information content (AvgIpc) is 3.34. The number of carbonyl (C=O) groups is 1. The van der Waals surface area contributed by atoms with Crippen LogP contribution in [0.4, 0.5) is 0 Å². The molecule has 0 radical (unpaired) electrons. The summed E-state index contributed by atoms with van der Waals surface area (Å²) in [6.07, 6.45) is 4.21. The first kappa shape index (κ1) is 17.1. The van der Waals surface area contributed by atoms with E-state index in [0.717, 1.165) is 55.5 Å². The van der Waals surface area contributed by atoms with E-state index >= 15 is 0 Å². The summed E-state index contributed by atoms with van der Waals surface area (Å²) in [6, 6.07) is 6.00. The van der Waals surface area contributed by atoms with Crippen LogP contribution in [0.1, 0.15) is 25.7 Å². The Morgan fingerprint density at radius 3 is 2.70 bits per heavy atom. The maximum Gasteiger partial charge on any atom is 0.223 e. The SMILES string of the molecule is O=C(NC1CC1)C1CCN(CCOc2ccc(Cl)cc2Br)CC1. The maximum atomic E-state index is 12.0. The molecular weight excluding hydrogens is 380 g/mol. The van der Waals surface area contributed by atoms with Crippen LogP contribution in [0.5, 0.6) is 5.75 Å². The molecule has 2 fully saturated rings. The van der Waals surface area contributed by atoms with Gasteiger partial charge in [0.25, 0.3) is 0 Å². The molecule has 1 aromatic rings. The molecule has 0 atom stereocenters. The predicted molar refractivity (Wildman–Crippen MR) is 95.0 cm³/mol. The lowest BCUT2D eigenvalue weighted by molar-refractivity contribution is -0.126. The van der Waals surface area contributed by atoms with E-state index in [0.29, 0.717) is 17.7 Å². The standard InChI is InChI=1S/C17H22BrClN2O2/c18-15-11-13(19)1-4-16(15)23-10-9-21-7-5-12(6-8-21)17(22)20-14-2-3-14/h1,4,11-12,14H,2-3,5-10H2,(H,20,22). The van der Waals surface area contributed by atoms with E-state index < -0.39 is 0 Å². The van der Waals surface area contributed by atoms with Crippen LogP contribution in [0.3, 0.4) is 0 Å². The molecule has 1 heterocycles. The molecule has 126 valence electrons. The molecule has 2 aliphatic rings. The van der Waals surface area contributed by atoms with E-state index in [2.05, 4.69) is 26.1 Å². The number of carbonyl (C=O) groups excluding carboxylic acids is 1. The molecular formula is C17H22BrClN2O2. The lowest BCUT2D eigenvalue weighted by Crippen LogP contribution is -2.42. The van der Waals surface area contributed by atoms with E-state index in [4.69, 9.17) is 16.3 Å². The van der Waals surface area contributed by atoms with Crippen LogP contribution in [0.25, 0.3) is 0 Å². The van der Waals surface area contributed by atoms with Crippen molar-refractivity contribution in [2.75, 3.05) is 26.2 Å². The van der Waals surface area contributed by atoms with Crippen LogP contribution < -0.4 is 10.1 Å². The molecule has 6 heteroatoms. The Morgan fingerprint density at radius 1 is 1.30 bits per heavy atom. The number of nitrogens with one attached hydrogen (secondary N) is 1. The van der Waals surface area contributed by atoms with E-state index in [1.807, 2.05) is 18.2 Å². The molecule has 1 N–H and O–H groups in total. The monoisotopic (exact) mass is 400 g/mol. The third-order valence-corrected chi connectivity index (χ3v) is 5.30. The van der Waals surface area contributed by atoms with Gasteiger partial charge in [-0.25, -0.2) is 0 Å². The molecule has 4 nitrogen and oxygen atoms in total. The zero-order valence-corrected chi connectivity index (χ0v) is 15.4. The van der Waals surface area contributed by atoms with Crippen LogP contribution >= 0.6 is 27.5 Å². The first-order valence-corrected chi connectivity index (χ1v) is 9.39. The Kier molecular flexibility index (Phi) is 5.83. The number of benzene rings is 1. The van der Waals surface area contributed by atoms with Crippen LogP contribution in [0.15, 0.2) is 22.7 Å². The molecule has 3 rings (SSSR count). The number of ether oxygens (including phenoxy) is 1. The molecule has 1 amide bonds. The number of amides is 1. The molecule has 0 bridgehead atoms. The van der Waals surface area contributed by atoms with Gasteiger partial charge >= 0.3 is 0 Å². The quantitative estimate of drug-likeness (QED) is 0.793. The van der Waals surface area contributed by atoms with Gasteiger partial charge in [0.1, 0.15) is 12.4 Å².